The first-order valence-corrected chi connectivity index (χ1v) is 4.39. The van der Waals surface area contributed by atoms with Crippen LogP contribution >= 0.6 is 0 Å². The number of nitrogens with zero attached hydrogens (tertiary/aromatic N) is 1. The standard InChI is InChI=1S/C11H11NO2/c1-7-3-4-9(5-10(7)13)11-12-6-8(2)14-11/h3-6,13H,1-2H3. The monoisotopic (exact) mass is 189 g/mol. The van der Waals surface area contributed by atoms with Gasteiger partial charge in [-0.2, -0.15) is 0 Å². The number of phenols is 1. The van der Waals surface area contributed by atoms with E-state index in [-0.39, 0.29) is 5.75 Å². The van der Waals surface area contributed by atoms with E-state index in [1.165, 1.54) is 0 Å². The van der Waals surface area contributed by atoms with Gasteiger partial charge >= 0.3 is 0 Å². The van der Waals surface area contributed by atoms with Crippen molar-refractivity contribution in [1.82, 2.24) is 4.98 Å². The van der Waals surface area contributed by atoms with Crippen LogP contribution in [0.1, 0.15) is 11.3 Å². The Morgan fingerprint density at radius 3 is 2.64 bits per heavy atom. The second-order valence-corrected chi connectivity index (χ2v) is 3.28. The summed E-state index contributed by atoms with van der Waals surface area (Å²) in [6.45, 7) is 3.68. The first kappa shape index (κ1) is 8.81. The maximum atomic E-state index is 9.50. The van der Waals surface area contributed by atoms with E-state index in [4.69, 9.17) is 4.42 Å². The van der Waals surface area contributed by atoms with Crippen LogP contribution < -0.4 is 0 Å². The van der Waals surface area contributed by atoms with Gasteiger partial charge < -0.3 is 9.52 Å². The summed E-state index contributed by atoms with van der Waals surface area (Å²) in [6.07, 6.45) is 1.66. The first-order chi connectivity index (χ1) is 6.66. The van der Waals surface area contributed by atoms with Gasteiger partial charge in [-0.3, -0.25) is 0 Å². The van der Waals surface area contributed by atoms with E-state index in [0.717, 1.165) is 16.9 Å². The smallest absolute Gasteiger partial charge is 0.226 e. The van der Waals surface area contributed by atoms with Crippen molar-refractivity contribution in [3.05, 3.63) is 35.7 Å². The summed E-state index contributed by atoms with van der Waals surface area (Å²) in [5.41, 5.74) is 1.64. The third-order valence-electron chi connectivity index (χ3n) is 2.08. The summed E-state index contributed by atoms with van der Waals surface area (Å²) in [5.74, 6) is 1.57. The van der Waals surface area contributed by atoms with Crippen LogP contribution in [0, 0.1) is 13.8 Å². The number of aromatic nitrogens is 1. The summed E-state index contributed by atoms with van der Waals surface area (Å²) in [6, 6.07) is 5.37. The second-order valence-electron chi connectivity index (χ2n) is 3.28. The second kappa shape index (κ2) is 3.18. The molecular weight excluding hydrogens is 178 g/mol. The lowest BCUT2D eigenvalue weighted by Gasteiger charge is -1.99. The molecule has 0 spiro atoms. The number of hydrogen-bond donors (Lipinski definition) is 1. The Morgan fingerprint density at radius 2 is 2.07 bits per heavy atom. The normalized spacial score (nSPS) is 10.4. The van der Waals surface area contributed by atoms with Crippen molar-refractivity contribution in [2.45, 2.75) is 13.8 Å². The van der Waals surface area contributed by atoms with Gasteiger partial charge in [0.1, 0.15) is 11.5 Å². The maximum absolute atomic E-state index is 9.50. The molecule has 0 saturated heterocycles. The molecule has 14 heavy (non-hydrogen) atoms. The molecule has 1 N–H and O–H groups in total. The van der Waals surface area contributed by atoms with Gasteiger partial charge in [0.25, 0.3) is 0 Å². The van der Waals surface area contributed by atoms with Gasteiger partial charge in [0, 0.05) is 5.56 Å². The minimum absolute atomic E-state index is 0.262. The number of phenolic OH excluding ortho intramolecular Hbond substituents is 1. The quantitative estimate of drug-likeness (QED) is 0.750. The Bertz CT molecular complexity index is 460. The molecule has 1 heterocycles. The highest BCUT2D eigenvalue weighted by molar-refractivity contribution is 5.57. The predicted octanol–water partition coefficient (Wildman–Crippen LogP) is 2.66. The van der Waals surface area contributed by atoms with Crippen molar-refractivity contribution in [2.75, 3.05) is 0 Å². The Morgan fingerprint density at radius 1 is 1.29 bits per heavy atom. The fraction of sp³-hybridized carbons (Fsp3) is 0.182. The zero-order valence-corrected chi connectivity index (χ0v) is 8.11. The molecule has 0 amide bonds. The van der Waals surface area contributed by atoms with Crippen molar-refractivity contribution in [3.8, 4) is 17.2 Å². The van der Waals surface area contributed by atoms with Gasteiger partial charge in [0.05, 0.1) is 6.20 Å². The van der Waals surface area contributed by atoms with E-state index in [2.05, 4.69) is 4.98 Å². The third-order valence-corrected chi connectivity index (χ3v) is 2.08. The molecule has 1 aromatic heterocycles. The van der Waals surface area contributed by atoms with Crippen LogP contribution in [0.15, 0.2) is 28.8 Å². The van der Waals surface area contributed by atoms with E-state index in [1.807, 2.05) is 26.0 Å². The fourth-order valence-electron chi connectivity index (χ4n) is 1.23. The Kier molecular flexibility index (Phi) is 2.00. The molecule has 0 radical (unpaired) electrons. The lowest BCUT2D eigenvalue weighted by molar-refractivity contribution is 0.470. The summed E-state index contributed by atoms with van der Waals surface area (Å²) in [5, 5.41) is 9.50. The molecule has 0 saturated carbocycles. The average Bonchev–Trinajstić information content (AvgIpc) is 2.57. The molecule has 3 nitrogen and oxygen atoms in total. The molecule has 3 heteroatoms. The van der Waals surface area contributed by atoms with Crippen LogP contribution in [0.5, 0.6) is 5.75 Å². The number of aromatic hydroxyl groups is 1. The highest BCUT2D eigenvalue weighted by Gasteiger charge is 2.05. The summed E-state index contributed by atoms with van der Waals surface area (Å²) < 4.78 is 5.34. The lowest BCUT2D eigenvalue weighted by atomic mass is 10.1. The molecule has 1 aromatic carbocycles. The van der Waals surface area contributed by atoms with Gasteiger partial charge in [0.15, 0.2) is 0 Å². The van der Waals surface area contributed by atoms with Gasteiger partial charge in [-0.05, 0) is 31.5 Å². The van der Waals surface area contributed by atoms with E-state index in [0.29, 0.717) is 5.89 Å². The van der Waals surface area contributed by atoms with E-state index >= 15 is 0 Å². The van der Waals surface area contributed by atoms with Gasteiger partial charge in [0.2, 0.25) is 5.89 Å². The lowest BCUT2D eigenvalue weighted by Crippen LogP contribution is -1.79. The Balaban J connectivity index is 2.47. The van der Waals surface area contributed by atoms with Gasteiger partial charge in [-0.1, -0.05) is 6.07 Å². The number of benzene rings is 1. The molecule has 2 rings (SSSR count). The molecule has 0 fully saturated rings. The van der Waals surface area contributed by atoms with Crippen LogP contribution in [0.2, 0.25) is 0 Å². The van der Waals surface area contributed by atoms with Crippen LogP contribution in [-0.2, 0) is 0 Å². The van der Waals surface area contributed by atoms with E-state index in [1.54, 1.807) is 12.3 Å². The minimum Gasteiger partial charge on any atom is -0.508 e. The highest BCUT2D eigenvalue weighted by Crippen LogP contribution is 2.25. The van der Waals surface area contributed by atoms with Crippen LogP contribution in [-0.4, -0.2) is 10.1 Å². The number of hydrogen-bond acceptors (Lipinski definition) is 3. The largest absolute Gasteiger partial charge is 0.508 e. The predicted molar refractivity (Wildman–Crippen MR) is 53.1 cm³/mol. The van der Waals surface area contributed by atoms with E-state index < -0.39 is 0 Å². The van der Waals surface area contributed by atoms with Crippen LogP contribution in [0.25, 0.3) is 11.5 Å². The zero-order valence-electron chi connectivity index (χ0n) is 8.11. The number of oxazole rings is 1. The minimum atomic E-state index is 0.262. The molecule has 0 unspecified atom stereocenters. The molecule has 0 aliphatic rings. The first-order valence-electron chi connectivity index (χ1n) is 4.39. The number of rotatable bonds is 1. The van der Waals surface area contributed by atoms with Crippen LogP contribution in [0.3, 0.4) is 0 Å². The summed E-state index contributed by atoms with van der Waals surface area (Å²) in [7, 11) is 0. The zero-order chi connectivity index (χ0) is 10.1. The molecule has 2 aromatic rings. The SMILES string of the molecule is Cc1cnc(-c2ccc(C)c(O)c2)o1. The third kappa shape index (κ3) is 1.48. The van der Waals surface area contributed by atoms with Crippen molar-refractivity contribution in [1.29, 1.82) is 0 Å². The molecule has 0 aliphatic heterocycles. The molecule has 72 valence electrons. The Hall–Kier alpha value is -1.77. The van der Waals surface area contributed by atoms with Gasteiger partial charge in [-0.15, -0.1) is 0 Å². The summed E-state index contributed by atoms with van der Waals surface area (Å²) >= 11 is 0. The molecule has 0 atom stereocenters. The van der Waals surface area contributed by atoms with Gasteiger partial charge in [-0.25, -0.2) is 4.98 Å². The topological polar surface area (TPSA) is 46.3 Å². The van der Waals surface area contributed by atoms with Crippen molar-refractivity contribution >= 4 is 0 Å². The Labute approximate surface area is 82.0 Å². The van der Waals surface area contributed by atoms with Crippen molar-refractivity contribution < 1.29 is 9.52 Å². The number of aryl methyl sites for hydroxylation is 2. The molecule has 0 bridgehead atoms. The summed E-state index contributed by atoms with van der Waals surface area (Å²) in [4.78, 5) is 4.08. The van der Waals surface area contributed by atoms with Crippen molar-refractivity contribution in [3.63, 3.8) is 0 Å². The molecule has 0 aliphatic carbocycles. The maximum Gasteiger partial charge on any atom is 0.226 e. The fourth-order valence-corrected chi connectivity index (χ4v) is 1.23. The van der Waals surface area contributed by atoms with Crippen LogP contribution in [0.4, 0.5) is 0 Å². The highest BCUT2D eigenvalue weighted by atomic mass is 16.4. The van der Waals surface area contributed by atoms with E-state index in [9.17, 15) is 5.11 Å². The van der Waals surface area contributed by atoms with Crippen molar-refractivity contribution in [2.24, 2.45) is 0 Å². The average molecular weight is 189 g/mol. The molecular formula is C11H11NO2.